The summed E-state index contributed by atoms with van der Waals surface area (Å²) in [5.41, 5.74) is 0.223. The molecule has 0 spiro atoms. The molecule has 2 aliphatic carbocycles. The maximum Gasteiger partial charge on any atom is 0.233 e. The summed E-state index contributed by atoms with van der Waals surface area (Å²) in [7, 11) is 0. The molecule has 2 saturated carbocycles. The van der Waals surface area contributed by atoms with Gasteiger partial charge in [-0.3, -0.25) is 9.69 Å². The lowest BCUT2D eigenvalue weighted by Crippen LogP contribution is -2.49. The van der Waals surface area contributed by atoms with Crippen LogP contribution >= 0.6 is 0 Å². The predicted octanol–water partition coefficient (Wildman–Crippen LogP) is 1.79. The third kappa shape index (κ3) is 1.48. The summed E-state index contributed by atoms with van der Waals surface area (Å²) in [6.07, 6.45) is 0.346. The second kappa shape index (κ2) is 4.28. The Kier molecular flexibility index (Phi) is 2.57. The number of carbonyl (C=O) groups excluding carboxylic acids is 1. The summed E-state index contributed by atoms with van der Waals surface area (Å²) in [5, 5.41) is 10.4. The van der Waals surface area contributed by atoms with E-state index in [0.717, 1.165) is 17.9 Å². The molecule has 5 rings (SSSR count). The van der Waals surface area contributed by atoms with E-state index >= 15 is 0 Å². The molecule has 0 radical (unpaired) electrons. The number of hydrogen-bond acceptors (Lipinski definition) is 4. The fourth-order valence-electron chi connectivity index (χ4n) is 5.72. The maximum absolute atomic E-state index is 13.1. The van der Waals surface area contributed by atoms with Crippen molar-refractivity contribution in [2.24, 2.45) is 23.7 Å². The van der Waals surface area contributed by atoms with Crippen molar-refractivity contribution in [3.8, 4) is 5.75 Å². The number of aliphatic hydroxyl groups is 1. The molecule has 7 atom stereocenters. The van der Waals surface area contributed by atoms with E-state index in [9.17, 15) is 9.90 Å². The van der Waals surface area contributed by atoms with E-state index in [4.69, 9.17) is 9.47 Å². The van der Waals surface area contributed by atoms with Crippen LogP contribution in [0.4, 0.5) is 5.69 Å². The zero-order valence-electron chi connectivity index (χ0n) is 13.3. The van der Waals surface area contributed by atoms with Gasteiger partial charge in [0.05, 0.1) is 24.7 Å². The zero-order chi connectivity index (χ0) is 15.9. The van der Waals surface area contributed by atoms with Gasteiger partial charge in [-0.1, -0.05) is 0 Å². The summed E-state index contributed by atoms with van der Waals surface area (Å²) >= 11 is 0. The van der Waals surface area contributed by atoms with Crippen LogP contribution in [-0.2, 0) is 9.53 Å². The molecule has 4 fully saturated rings. The van der Waals surface area contributed by atoms with Crippen LogP contribution in [0.15, 0.2) is 24.3 Å². The predicted molar refractivity (Wildman–Crippen MR) is 83.0 cm³/mol. The molecular formula is C18H21NO4. The molecule has 23 heavy (non-hydrogen) atoms. The number of benzene rings is 1. The second-order valence-corrected chi connectivity index (χ2v) is 7.34. The Hall–Kier alpha value is -1.59. The Labute approximate surface area is 135 Å². The first-order valence-electron chi connectivity index (χ1n) is 8.49. The molecule has 2 saturated heterocycles. The van der Waals surface area contributed by atoms with Gasteiger partial charge in [-0.15, -0.1) is 0 Å². The van der Waals surface area contributed by atoms with Crippen LogP contribution in [0.1, 0.15) is 20.3 Å². The van der Waals surface area contributed by atoms with E-state index in [2.05, 4.69) is 0 Å². The van der Waals surface area contributed by atoms with Crippen molar-refractivity contribution >= 4 is 11.6 Å². The second-order valence-electron chi connectivity index (χ2n) is 7.34. The highest BCUT2D eigenvalue weighted by molar-refractivity contribution is 6.00. The summed E-state index contributed by atoms with van der Waals surface area (Å²) in [5.74, 6) is 1.41. The molecule has 1 N–H and O–H groups in total. The molecule has 1 aromatic carbocycles. The molecular weight excluding hydrogens is 294 g/mol. The number of ether oxygens (including phenoxy) is 2. The lowest BCUT2D eigenvalue weighted by Gasteiger charge is -2.36. The smallest absolute Gasteiger partial charge is 0.233 e. The van der Waals surface area contributed by atoms with Crippen molar-refractivity contribution in [3.63, 3.8) is 0 Å². The van der Waals surface area contributed by atoms with Crippen LogP contribution in [0.3, 0.4) is 0 Å². The molecule has 1 amide bonds. The van der Waals surface area contributed by atoms with Crippen molar-refractivity contribution in [1.82, 2.24) is 0 Å². The quantitative estimate of drug-likeness (QED) is 0.924. The number of amides is 1. The SMILES string of the molecule is CCOc1ccc(N2C(=O)[C@@H]3[C@H]4C[C@H]5[C@H](O[C@]2(C)[C@@H]53)[C@H]4O)cc1. The van der Waals surface area contributed by atoms with Gasteiger partial charge in [0, 0.05) is 11.6 Å². The summed E-state index contributed by atoms with van der Waals surface area (Å²) in [6, 6.07) is 7.64. The standard InChI is InChI=1S/C18H21NO4/c1-3-22-10-6-4-9(5-7-10)19-17(21)13-11-8-12-14(13)18(19,2)23-16(12)15(11)20/h4-7,11-16,20H,3,8H2,1-2H3/t11-,12-,13-,14+,15+,16+,18-/m1/s1. The zero-order valence-corrected chi connectivity index (χ0v) is 13.3. The van der Waals surface area contributed by atoms with Gasteiger partial charge >= 0.3 is 0 Å². The lowest BCUT2D eigenvalue weighted by atomic mass is 9.77. The summed E-state index contributed by atoms with van der Waals surface area (Å²) in [4.78, 5) is 14.9. The van der Waals surface area contributed by atoms with Gasteiger partial charge in [-0.25, -0.2) is 0 Å². The van der Waals surface area contributed by atoms with Crippen molar-refractivity contribution in [3.05, 3.63) is 24.3 Å². The highest BCUT2D eigenvalue weighted by Gasteiger charge is 2.77. The van der Waals surface area contributed by atoms with Crippen LogP contribution in [-0.4, -0.2) is 35.6 Å². The van der Waals surface area contributed by atoms with E-state index in [1.165, 1.54) is 0 Å². The van der Waals surface area contributed by atoms with Gasteiger partial charge in [-0.2, -0.15) is 0 Å². The van der Waals surface area contributed by atoms with E-state index in [1.54, 1.807) is 0 Å². The van der Waals surface area contributed by atoms with Crippen LogP contribution in [0.25, 0.3) is 0 Å². The number of anilines is 1. The number of fused-ring (bicyclic) bond motifs is 2. The third-order valence-corrected chi connectivity index (χ3v) is 6.40. The Morgan fingerprint density at radius 2 is 2.09 bits per heavy atom. The van der Waals surface area contributed by atoms with Crippen molar-refractivity contribution < 1.29 is 19.4 Å². The Balaban J connectivity index is 1.55. The highest BCUT2D eigenvalue weighted by Crippen LogP contribution is 2.67. The van der Waals surface area contributed by atoms with Crippen molar-refractivity contribution in [2.75, 3.05) is 11.5 Å². The number of rotatable bonds is 3. The van der Waals surface area contributed by atoms with Gasteiger partial charge < -0.3 is 14.6 Å². The largest absolute Gasteiger partial charge is 0.494 e. The fraction of sp³-hybridized carbons (Fsp3) is 0.611. The number of hydrogen-bond donors (Lipinski definition) is 1. The average molecular weight is 315 g/mol. The average Bonchev–Trinajstić information content (AvgIpc) is 3.18. The van der Waals surface area contributed by atoms with Gasteiger partial charge in [0.2, 0.25) is 5.91 Å². The van der Waals surface area contributed by atoms with E-state index in [0.29, 0.717) is 12.5 Å². The lowest BCUT2D eigenvalue weighted by molar-refractivity contribution is -0.131. The summed E-state index contributed by atoms with van der Waals surface area (Å²) in [6.45, 7) is 4.58. The van der Waals surface area contributed by atoms with Crippen LogP contribution in [0.2, 0.25) is 0 Å². The minimum atomic E-state index is -0.629. The number of carbonyl (C=O) groups is 1. The Morgan fingerprint density at radius 3 is 2.78 bits per heavy atom. The van der Waals surface area contributed by atoms with E-state index in [1.807, 2.05) is 43.0 Å². The van der Waals surface area contributed by atoms with Crippen LogP contribution < -0.4 is 9.64 Å². The maximum atomic E-state index is 13.1. The first kappa shape index (κ1) is 13.8. The third-order valence-electron chi connectivity index (χ3n) is 6.40. The summed E-state index contributed by atoms with van der Waals surface area (Å²) < 4.78 is 11.8. The van der Waals surface area contributed by atoms with Crippen LogP contribution in [0, 0.1) is 23.7 Å². The molecule has 0 aromatic heterocycles. The Bertz CT molecular complexity index is 674. The molecule has 2 bridgehead atoms. The van der Waals surface area contributed by atoms with Gasteiger partial charge in [0.25, 0.3) is 0 Å². The molecule has 5 heteroatoms. The van der Waals surface area contributed by atoms with E-state index < -0.39 is 11.8 Å². The Morgan fingerprint density at radius 1 is 1.35 bits per heavy atom. The minimum absolute atomic E-state index is 0.0667. The first-order chi connectivity index (χ1) is 11.1. The molecule has 4 aliphatic rings. The van der Waals surface area contributed by atoms with Crippen molar-refractivity contribution in [1.29, 1.82) is 0 Å². The highest BCUT2D eigenvalue weighted by atomic mass is 16.6. The van der Waals surface area contributed by atoms with Crippen LogP contribution in [0.5, 0.6) is 5.75 Å². The minimum Gasteiger partial charge on any atom is -0.494 e. The monoisotopic (exact) mass is 315 g/mol. The normalized spacial score (nSPS) is 46.0. The van der Waals surface area contributed by atoms with Gasteiger partial charge in [0.1, 0.15) is 11.5 Å². The van der Waals surface area contributed by atoms with Crippen molar-refractivity contribution in [2.45, 2.75) is 38.2 Å². The molecule has 0 unspecified atom stereocenters. The van der Waals surface area contributed by atoms with E-state index in [-0.39, 0.29) is 29.8 Å². The molecule has 2 heterocycles. The molecule has 5 nitrogen and oxygen atoms in total. The number of aliphatic hydroxyl groups excluding tert-OH is 1. The first-order valence-corrected chi connectivity index (χ1v) is 8.49. The molecule has 1 aromatic rings. The fourth-order valence-corrected chi connectivity index (χ4v) is 5.72. The number of nitrogens with zero attached hydrogens (tertiary/aromatic N) is 1. The van der Waals surface area contributed by atoms with Gasteiger partial charge in [-0.05, 0) is 56.4 Å². The molecule has 2 aliphatic heterocycles. The topological polar surface area (TPSA) is 59.0 Å². The van der Waals surface area contributed by atoms with Gasteiger partial charge in [0.15, 0.2) is 0 Å². The molecule has 122 valence electrons.